The summed E-state index contributed by atoms with van der Waals surface area (Å²) in [5.74, 6) is -1.89. The van der Waals surface area contributed by atoms with E-state index < -0.39 is 24.4 Å². The number of hydrogen-bond donors (Lipinski definition) is 1. The summed E-state index contributed by atoms with van der Waals surface area (Å²) >= 11 is 15.3. The molecule has 1 atom stereocenters. The van der Waals surface area contributed by atoms with Gasteiger partial charge in [0.2, 0.25) is 5.91 Å². The van der Waals surface area contributed by atoms with Crippen LogP contribution < -0.4 is 10.2 Å². The molecular weight excluding hydrogens is 483 g/mol. The fraction of sp³-hybridized carbons (Fsp3) is 0.250. The number of amides is 2. The molecule has 3 rings (SSSR count). The van der Waals surface area contributed by atoms with Gasteiger partial charge < -0.3 is 15.0 Å². The monoisotopic (exact) mass is 498 g/mol. The number of nitrogens with zero attached hydrogens (tertiary/aromatic N) is 1. The summed E-state index contributed by atoms with van der Waals surface area (Å²) in [7, 11) is 0. The first-order chi connectivity index (χ1) is 13.8. The predicted molar refractivity (Wildman–Crippen MR) is 115 cm³/mol. The fourth-order valence-corrected chi connectivity index (χ4v) is 3.68. The van der Waals surface area contributed by atoms with E-state index in [-0.39, 0.29) is 18.9 Å². The van der Waals surface area contributed by atoms with E-state index >= 15 is 0 Å². The molecule has 1 saturated heterocycles. The standard InChI is InChI=1S/C20H17BrCl2N2O4/c1-11-16(7-6-15(21)19(11)23)24-17(26)10-29-20(28)12-8-18(27)25(9-12)14-4-2-13(22)3-5-14/h2-7,12H,8-10H2,1H3,(H,24,26)/t12-/m0/s1. The normalized spacial score (nSPS) is 16.1. The van der Waals surface area contributed by atoms with Crippen LogP contribution in [0.2, 0.25) is 10.0 Å². The maximum absolute atomic E-state index is 12.3. The number of anilines is 2. The lowest BCUT2D eigenvalue weighted by Crippen LogP contribution is -2.28. The summed E-state index contributed by atoms with van der Waals surface area (Å²) in [6.07, 6.45) is 0.0322. The van der Waals surface area contributed by atoms with Crippen molar-refractivity contribution >= 4 is 68.3 Å². The molecule has 9 heteroatoms. The molecule has 152 valence electrons. The Morgan fingerprint density at radius 1 is 1.21 bits per heavy atom. The van der Waals surface area contributed by atoms with E-state index in [1.54, 1.807) is 43.3 Å². The molecule has 1 heterocycles. The van der Waals surface area contributed by atoms with Gasteiger partial charge in [0.25, 0.3) is 5.91 Å². The van der Waals surface area contributed by atoms with Crippen LogP contribution in [0.5, 0.6) is 0 Å². The third kappa shape index (κ3) is 5.10. The molecule has 0 unspecified atom stereocenters. The van der Waals surface area contributed by atoms with Gasteiger partial charge in [-0.2, -0.15) is 0 Å². The first-order valence-corrected chi connectivity index (χ1v) is 10.3. The summed E-state index contributed by atoms with van der Waals surface area (Å²) in [6.45, 7) is 1.52. The van der Waals surface area contributed by atoms with Crippen LogP contribution in [0.4, 0.5) is 11.4 Å². The molecule has 0 spiro atoms. The van der Waals surface area contributed by atoms with Gasteiger partial charge in [-0.1, -0.05) is 23.2 Å². The van der Waals surface area contributed by atoms with Crippen molar-refractivity contribution in [2.24, 2.45) is 5.92 Å². The smallest absolute Gasteiger partial charge is 0.311 e. The van der Waals surface area contributed by atoms with Gasteiger partial charge in [0.1, 0.15) is 0 Å². The van der Waals surface area contributed by atoms with Crippen LogP contribution in [0.15, 0.2) is 40.9 Å². The molecule has 0 radical (unpaired) electrons. The molecule has 29 heavy (non-hydrogen) atoms. The van der Waals surface area contributed by atoms with E-state index in [9.17, 15) is 14.4 Å². The predicted octanol–water partition coefficient (Wildman–Crippen LogP) is 4.60. The number of halogens is 3. The Labute approximate surface area is 186 Å². The molecule has 1 N–H and O–H groups in total. The topological polar surface area (TPSA) is 75.7 Å². The van der Waals surface area contributed by atoms with Crippen molar-refractivity contribution in [2.75, 3.05) is 23.4 Å². The third-order valence-electron chi connectivity index (χ3n) is 4.56. The van der Waals surface area contributed by atoms with Gasteiger partial charge in [-0.25, -0.2) is 0 Å². The quantitative estimate of drug-likeness (QED) is 0.610. The minimum Gasteiger partial charge on any atom is -0.455 e. The fourth-order valence-electron chi connectivity index (χ4n) is 2.96. The average Bonchev–Trinajstić information content (AvgIpc) is 3.09. The molecule has 0 aromatic heterocycles. The van der Waals surface area contributed by atoms with Crippen LogP contribution in [-0.2, 0) is 19.1 Å². The van der Waals surface area contributed by atoms with Crippen LogP contribution in [0.3, 0.4) is 0 Å². The summed E-state index contributed by atoms with van der Waals surface area (Å²) < 4.78 is 5.83. The Morgan fingerprint density at radius 2 is 1.90 bits per heavy atom. The molecule has 6 nitrogen and oxygen atoms in total. The van der Waals surface area contributed by atoms with Crippen molar-refractivity contribution in [1.29, 1.82) is 0 Å². The molecular formula is C20H17BrCl2N2O4. The van der Waals surface area contributed by atoms with E-state index in [1.165, 1.54) is 4.90 Å². The summed E-state index contributed by atoms with van der Waals surface area (Å²) in [4.78, 5) is 38.2. The molecule has 0 saturated carbocycles. The van der Waals surface area contributed by atoms with Gasteiger partial charge in [-0.3, -0.25) is 14.4 Å². The third-order valence-corrected chi connectivity index (χ3v) is 6.18. The second-order valence-electron chi connectivity index (χ2n) is 6.57. The highest BCUT2D eigenvalue weighted by molar-refractivity contribution is 9.10. The first kappa shape index (κ1) is 21.6. The van der Waals surface area contributed by atoms with Crippen molar-refractivity contribution in [2.45, 2.75) is 13.3 Å². The van der Waals surface area contributed by atoms with Crippen molar-refractivity contribution < 1.29 is 19.1 Å². The van der Waals surface area contributed by atoms with Crippen LogP contribution in [0.25, 0.3) is 0 Å². The number of nitrogens with one attached hydrogen (secondary N) is 1. The Kier molecular flexibility index (Phi) is 6.82. The van der Waals surface area contributed by atoms with Gasteiger partial charge in [0.05, 0.1) is 10.9 Å². The van der Waals surface area contributed by atoms with Gasteiger partial charge in [0.15, 0.2) is 6.61 Å². The Balaban J connectivity index is 1.54. The molecule has 0 aliphatic carbocycles. The van der Waals surface area contributed by atoms with Crippen molar-refractivity contribution in [3.05, 3.63) is 56.5 Å². The van der Waals surface area contributed by atoms with E-state index in [2.05, 4.69) is 21.2 Å². The minimum absolute atomic E-state index is 0.0322. The van der Waals surface area contributed by atoms with Crippen LogP contribution >= 0.6 is 39.1 Å². The number of ether oxygens (including phenoxy) is 1. The zero-order chi connectivity index (χ0) is 21.1. The molecule has 2 amide bonds. The Bertz CT molecular complexity index is 966. The van der Waals surface area contributed by atoms with Crippen molar-refractivity contribution in [3.8, 4) is 0 Å². The second-order valence-corrected chi connectivity index (χ2v) is 8.24. The minimum atomic E-state index is -0.630. The Morgan fingerprint density at radius 3 is 2.59 bits per heavy atom. The van der Waals surface area contributed by atoms with Gasteiger partial charge in [-0.15, -0.1) is 0 Å². The maximum Gasteiger partial charge on any atom is 0.311 e. The highest BCUT2D eigenvalue weighted by Crippen LogP contribution is 2.31. The molecule has 0 bridgehead atoms. The van der Waals surface area contributed by atoms with Gasteiger partial charge in [0, 0.05) is 33.8 Å². The number of carbonyl (C=O) groups is 3. The van der Waals surface area contributed by atoms with E-state index in [0.717, 1.165) is 4.47 Å². The maximum atomic E-state index is 12.3. The number of carbonyl (C=O) groups excluding carboxylic acids is 3. The lowest BCUT2D eigenvalue weighted by Gasteiger charge is -2.16. The SMILES string of the molecule is Cc1c(NC(=O)COC(=O)[C@H]2CC(=O)N(c3ccc(Cl)cc3)C2)ccc(Br)c1Cl. The molecule has 1 aliphatic rings. The lowest BCUT2D eigenvalue weighted by atomic mass is 10.1. The first-order valence-electron chi connectivity index (χ1n) is 8.73. The van der Waals surface area contributed by atoms with Crippen LogP contribution in [0.1, 0.15) is 12.0 Å². The zero-order valence-electron chi connectivity index (χ0n) is 15.4. The van der Waals surface area contributed by atoms with Gasteiger partial charge >= 0.3 is 5.97 Å². The van der Waals surface area contributed by atoms with Crippen LogP contribution in [0, 0.1) is 12.8 Å². The summed E-state index contributed by atoms with van der Waals surface area (Å²) in [6, 6.07) is 10.2. The highest BCUT2D eigenvalue weighted by atomic mass is 79.9. The molecule has 2 aromatic rings. The molecule has 1 fully saturated rings. The summed E-state index contributed by atoms with van der Waals surface area (Å²) in [5, 5.41) is 3.71. The highest BCUT2D eigenvalue weighted by Gasteiger charge is 2.36. The Hall–Kier alpha value is -2.09. The number of hydrogen-bond acceptors (Lipinski definition) is 4. The molecule has 1 aliphatic heterocycles. The summed E-state index contributed by atoms with van der Waals surface area (Å²) in [5.41, 5.74) is 1.89. The van der Waals surface area contributed by atoms with E-state index in [4.69, 9.17) is 27.9 Å². The largest absolute Gasteiger partial charge is 0.455 e. The average molecular weight is 500 g/mol. The number of benzene rings is 2. The zero-order valence-corrected chi connectivity index (χ0v) is 18.5. The van der Waals surface area contributed by atoms with Crippen molar-refractivity contribution in [1.82, 2.24) is 0 Å². The van der Waals surface area contributed by atoms with E-state index in [1.807, 2.05) is 0 Å². The van der Waals surface area contributed by atoms with Crippen LogP contribution in [-0.4, -0.2) is 30.9 Å². The van der Waals surface area contributed by atoms with E-state index in [0.29, 0.717) is 27.0 Å². The second kappa shape index (κ2) is 9.15. The lowest BCUT2D eigenvalue weighted by molar-refractivity contribution is -0.151. The van der Waals surface area contributed by atoms with Gasteiger partial charge in [-0.05, 0) is 64.8 Å². The van der Waals surface area contributed by atoms with Crippen molar-refractivity contribution in [3.63, 3.8) is 0 Å². The number of esters is 1. The number of rotatable bonds is 5. The molecule has 2 aromatic carbocycles.